The maximum Gasteiger partial charge on any atom is 0.308 e. The zero-order valence-corrected chi connectivity index (χ0v) is 49.4. The fourth-order valence-corrected chi connectivity index (χ4v) is 16.3. The number of rotatable bonds is 16. The number of hydrogen-bond acceptors (Lipinski definition) is 13. The van der Waals surface area contributed by atoms with Crippen LogP contribution in [0, 0.1) is 35.5 Å². The highest BCUT2D eigenvalue weighted by Crippen LogP contribution is 2.47. The average Bonchev–Trinajstić information content (AvgIpc) is 3.30. The second-order valence-corrected chi connectivity index (χ2v) is 32.3. The Morgan fingerprint density at radius 2 is 1.63 bits per heavy atom. The smallest absolute Gasteiger partial charge is 0.308 e. The van der Waals surface area contributed by atoms with Crippen LogP contribution in [0.1, 0.15) is 111 Å². The summed E-state index contributed by atoms with van der Waals surface area (Å²) in [4.78, 5) is 34.0. The fourth-order valence-electron chi connectivity index (χ4n) is 8.94. The number of benzene rings is 2. The molecule has 1 amide bonds. The Bertz CT molecular complexity index is 2700. The summed E-state index contributed by atoms with van der Waals surface area (Å²) >= 11 is 10.7. The van der Waals surface area contributed by atoms with Crippen molar-refractivity contribution in [2.24, 2.45) is 0 Å². The maximum atomic E-state index is 14.9. The predicted molar refractivity (Wildman–Crippen MR) is 293 cm³/mol. The van der Waals surface area contributed by atoms with Gasteiger partial charge < -0.3 is 52.4 Å². The van der Waals surface area contributed by atoms with E-state index in [4.69, 9.17) is 58.6 Å². The molecular weight excluding hydrogens is 1050 g/mol. The van der Waals surface area contributed by atoms with Crippen LogP contribution in [0.15, 0.2) is 40.9 Å². The molecule has 0 spiro atoms. The molecule has 5 atom stereocenters. The largest absolute Gasteiger partial charge is 0.492 e. The molecule has 14 nitrogen and oxygen atoms in total. The third-order valence-corrected chi connectivity index (χ3v) is 24.8. The number of aromatic nitrogens is 1. The van der Waals surface area contributed by atoms with Gasteiger partial charge in [-0.3, -0.25) is 9.59 Å². The Labute approximate surface area is 447 Å². The third kappa shape index (κ3) is 14.0. The van der Waals surface area contributed by atoms with Crippen LogP contribution >= 0.6 is 27.5 Å². The second-order valence-electron chi connectivity index (χ2n) is 20.9. The Balaban J connectivity index is 1.73. The molecule has 73 heavy (non-hydrogen) atoms. The lowest BCUT2D eigenvalue weighted by atomic mass is 9.93. The molecule has 3 aliphatic rings. The summed E-state index contributed by atoms with van der Waals surface area (Å²) in [7, 11) is -0.886. The number of aliphatic hydroxyl groups is 1. The molecule has 2 aliphatic heterocycles. The molecule has 6 rings (SSSR count). The number of hydrogen-bond donors (Lipinski definition) is 2. The molecule has 2 N–H and O–H groups in total. The van der Waals surface area contributed by atoms with Crippen LogP contribution in [0.25, 0.3) is 10.8 Å². The Morgan fingerprint density at radius 3 is 2.22 bits per heavy atom. The lowest BCUT2D eigenvalue weighted by molar-refractivity contribution is -0.150. The monoisotopic (exact) mass is 1120 g/mol. The molecule has 0 radical (unpaired) electrons. The van der Waals surface area contributed by atoms with Gasteiger partial charge in [-0.2, -0.15) is 0 Å². The van der Waals surface area contributed by atoms with Gasteiger partial charge in [-0.15, -0.1) is 0 Å². The van der Waals surface area contributed by atoms with E-state index in [-0.39, 0.29) is 68.9 Å². The number of nitrogens with one attached hydrogen (secondary N) is 1. The molecule has 1 aromatic heterocycles. The Morgan fingerprint density at radius 1 is 0.973 bits per heavy atom. The van der Waals surface area contributed by atoms with Gasteiger partial charge in [0, 0.05) is 12.5 Å². The quantitative estimate of drug-likeness (QED) is 0.0459. The van der Waals surface area contributed by atoms with Crippen molar-refractivity contribution in [2.75, 3.05) is 34.7 Å². The van der Waals surface area contributed by atoms with Crippen molar-refractivity contribution in [3.63, 3.8) is 0 Å². The van der Waals surface area contributed by atoms with Gasteiger partial charge in [-0.05, 0) is 118 Å². The first-order valence-electron chi connectivity index (χ1n) is 24.5. The van der Waals surface area contributed by atoms with Gasteiger partial charge in [0.25, 0.3) is 5.91 Å². The molecule has 3 heterocycles. The number of fused-ring (bicyclic) bond motifs is 8. The van der Waals surface area contributed by atoms with Crippen molar-refractivity contribution < 1.29 is 56.7 Å². The number of esters is 1. The SMILES string of the molecule is COCOc1cc2cc(OC(C)C)c(OC)c(OC)c2cc1C(=O)N[C@@H]1CC(=O)OC[C@@H](O[Si](C(C)C)(C(C)C)C(C)C)[C@]2(O)C#C/C(Br)=C/[C@H](Oc3ccc1nc3Cl)[C@@H](O[Si](C)(C)C(C)(C)C)C#CC#CC2. The van der Waals surface area contributed by atoms with Crippen LogP contribution in [-0.2, 0) is 23.1 Å². The summed E-state index contributed by atoms with van der Waals surface area (Å²) in [6, 6.07) is 7.10. The van der Waals surface area contributed by atoms with E-state index in [1.54, 1.807) is 36.4 Å². The fraction of sp³-hybridized carbons (Fsp3) is 0.545. The highest BCUT2D eigenvalue weighted by atomic mass is 79.9. The number of nitrogens with zero attached hydrogens (tertiary/aromatic N) is 1. The summed E-state index contributed by atoms with van der Waals surface area (Å²) in [6.45, 7) is 26.5. The van der Waals surface area contributed by atoms with Crippen molar-refractivity contribution in [2.45, 2.75) is 160 Å². The van der Waals surface area contributed by atoms with E-state index in [1.807, 2.05) is 13.8 Å². The van der Waals surface area contributed by atoms with Crippen LogP contribution in [0.4, 0.5) is 0 Å². The molecule has 3 aromatic rings. The summed E-state index contributed by atoms with van der Waals surface area (Å²) in [5.74, 6) is 18.3. The lowest BCUT2D eigenvalue weighted by Gasteiger charge is -2.46. The van der Waals surface area contributed by atoms with E-state index in [2.05, 4.69) is 132 Å². The molecule has 2 aromatic carbocycles. The first-order valence-corrected chi connectivity index (χ1v) is 30.7. The molecule has 0 unspecified atom stereocenters. The maximum absolute atomic E-state index is 14.9. The van der Waals surface area contributed by atoms with Crippen molar-refractivity contribution in [1.29, 1.82) is 0 Å². The third-order valence-electron chi connectivity index (χ3n) is 13.5. The van der Waals surface area contributed by atoms with Crippen LogP contribution in [-0.4, -0.2) is 103 Å². The van der Waals surface area contributed by atoms with Crippen LogP contribution in [0.3, 0.4) is 0 Å². The highest BCUT2D eigenvalue weighted by molar-refractivity contribution is 9.12. The van der Waals surface area contributed by atoms with Gasteiger partial charge in [0.15, 0.2) is 49.2 Å². The Kier molecular flexibility index (Phi) is 20.0. The number of carbonyl (C=O) groups is 2. The zero-order chi connectivity index (χ0) is 54.2. The van der Waals surface area contributed by atoms with E-state index >= 15 is 0 Å². The van der Waals surface area contributed by atoms with Gasteiger partial charge in [-0.1, -0.05) is 97.6 Å². The number of methoxy groups -OCH3 is 3. The lowest BCUT2D eigenvalue weighted by Crippen LogP contribution is -2.57. The predicted octanol–water partition coefficient (Wildman–Crippen LogP) is 11.2. The van der Waals surface area contributed by atoms with E-state index in [1.165, 1.54) is 21.3 Å². The summed E-state index contributed by atoms with van der Waals surface area (Å²) in [6.07, 6.45) is -2.11. The topological polar surface area (TPSA) is 162 Å². The zero-order valence-electron chi connectivity index (χ0n) is 45.1. The number of allylic oxidation sites excluding steroid dienone is 1. The standard InChI is InChI=1S/C55H72BrClN2O12Si2/c1-33(2)68-47-27-37-26-45(67-32-63-12)40(29-39(37)50(64-13)51(47)65-14)53(61)59-42-30-49(60)66-31-48(71-73(34(3)4,35(5)6)36(7)8)55(62)24-19-17-18-20-43(70-72(15,16)54(9,10)11)46(28-38(56)23-25-55)69-44-22-21-41(42)58-52(44)57/h21-22,26-29,33-36,42-43,46,48,62H,24,30-32H2,1-16H3,(H,59,61)/b38-28-/t42-,43+,46+,48-,55-/m1/s1. The second kappa shape index (κ2) is 24.7. The van der Waals surface area contributed by atoms with Gasteiger partial charge >= 0.3 is 5.97 Å². The minimum atomic E-state index is -2.82. The minimum Gasteiger partial charge on any atom is -0.492 e. The number of halogens is 2. The van der Waals surface area contributed by atoms with Crippen molar-refractivity contribution in [1.82, 2.24) is 10.3 Å². The van der Waals surface area contributed by atoms with Crippen molar-refractivity contribution in [3.05, 3.63) is 57.3 Å². The van der Waals surface area contributed by atoms with E-state index in [0.717, 1.165) is 0 Å². The summed E-state index contributed by atoms with van der Waals surface area (Å²) < 4.78 is 56.3. The van der Waals surface area contributed by atoms with Gasteiger partial charge in [0.1, 0.15) is 24.6 Å². The molecule has 0 saturated carbocycles. The number of amides is 1. The average molecular weight is 1120 g/mol. The number of ether oxygens (including phenoxy) is 7. The Hall–Kier alpha value is -4.75. The van der Waals surface area contributed by atoms with Crippen molar-refractivity contribution in [3.8, 4) is 64.3 Å². The molecule has 1 aliphatic carbocycles. The number of carbonyl (C=O) groups excluding carboxylic acids is 2. The molecule has 0 saturated heterocycles. The van der Waals surface area contributed by atoms with Gasteiger partial charge in [0.2, 0.25) is 14.1 Å². The van der Waals surface area contributed by atoms with E-state index in [0.29, 0.717) is 32.5 Å². The summed E-state index contributed by atoms with van der Waals surface area (Å²) in [5.41, 5.74) is -1.47. The highest BCUT2D eigenvalue weighted by Gasteiger charge is 2.51. The first-order chi connectivity index (χ1) is 34.2. The van der Waals surface area contributed by atoms with E-state index in [9.17, 15) is 14.7 Å². The molecule has 396 valence electrons. The van der Waals surface area contributed by atoms with Crippen LogP contribution in [0.2, 0.25) is 39.9 Å². The molecule has 18 heteroatoms. The normalized spacial score (nSPS) is 21.4. The molecular formula is C55H72BrClN2O12Si2. The van der Waals surface area contributed by atoms with Gasteiger partial charge in [0.05, 0.1) is 54.9 Å². The first kappa shape index (κ1) is 59.1. The molecule has 4 bridgehead atoms. The molecule has 0 fully saturated rings. The number of pyridine rings is 1. The van der Waals surface area contributed by atoms with Crippen molar-refractivity contribution >= 4 is 66.8 Å². The minimum absolute atomic E-state index is 0.0698. The summed E-state index contributed by atoms with van der Waals surface area (Å²) in [5, 5.41) is 16.7. The van der Waals surface area contributed by atoms with Crippen LogP contribution in [0.5, 0.6) is 28.7 Å². The van der Waals surface area contributed by atoms with Gasteiger partial charge in [-0.25, -0.2) is 4.98 Å². The van der Waals surface area contributed by atoms with E-state index < -0.39 is 71.5 Å². The van der Waals surface area contributed by atoms with Crippen LogP contribution < -0.4 is 29.0 Å².